The minimum absolute atomic E-state index is 0.0836. The molecule has 1 amide bonds. The van der Waals surface area contributed by atoms with Crippen molar-refractivity contribution in [2.45, 2.75) is 18.1 Å². The largest absolute Gasteiger partial charge is 0.440 e. The van der Waals surface area contributed by atoms with Crippen molar-refractivity contribution in [2.75, 3.05) is 45.6 Å². The van der Waals surface area contributed by atoms with Crippen LogP contribution in [0.5, 0.6) is 0 Å². The number of nitrogens with zero attached hydrogens (tertiary/aromatic N) is 2. The van der Waals surface area contributed by atoms with Crippen molar-refractivity contribution < 1.29 is 22.4 Å². The minimum atomic E-state index is -3.44. The highest BCUT2D eigenvalue weighted by atomic mass is 32.2. The number of furan rings is 1. The summed E-state index contributed by atoms with van der Waals surface area (Å²) < 4.78 is 33.5. The van der Waals surface area contributed by atoms with Crippen molar-refractivity contribution in [1.82, 2.24) is 9.80 Å². The Hall–Kier alpha value is -1.38. The van der Waals surface area contributed by atoms with Crippen molar-refractivity contribution in [3.05, 3.63) is 17.9 Å². The summed E-state index contributed by atoms with van der Waals surface area (Å²) in [7, 11) is -3.44. The summed E-state index contributed by atoms with van der Waals surface area (Å²) in [5.74, 6) is 0.198. The summed E-state index contributed by atoms with van der Waals surface area (Å²) in [6.07, 6.45) is 1.06. The summed E-state index contributed by atoms with van der Waals surface area (Å²) in [5, 5.41) is -0.169. The number of ether oxygens (including phenoxy) is 1. The lowest BCUT2D eigenvalue weighted by atomic mass is 10.0. The molecule has 1 aromatic rings. The number of carbonyl (C=O) groups excluding carboxylic acids is 1. The van der Waals surface area contributed by atoms with Crippen LogP contribution in [0.2, 0.25) is 0 Å². The number of likely N-dealkylation sites (tertiary alicyclic amines) is 1. The number of carbonyl (C=O) groups is 1. The van der Waals surface area contributed by atoms with Crippen LogP contribution in [0, 0.1) is 5.92 Å². The van der Waals surface area contributed by atoms with E-state index in [-0.39, 0.29) is 16.8 Å². The fourth-order valence-corrected chi connectivity index (χ4v) is 3.85. The molecule has 3 heterocycles. The highest BCUT2D eigenvalue weighted by Crippen LogP contribution is 2.25. The average molecular weight is 342 g/mol. The average Bonchev–Trinajstić information content (AvgIpc) is 3.14. The number of sulfone groups is 1. The Morgan fingerprint density at radius 2 is 1.91 bits per heavy atom. The summed E-state index contributed by atoms with van der Waals surface area (Å²) in [5.41, 5.74) is 0. The molecule has 23 heavy (non-hydrogen) atoms. The third kappa shape index (κ3) is 3.44. The van der Waals surface area contributed by atoms with Gasteiger partial charge in [0.2, 0.25) is 14.9 Å². The Labute approximate surface area is 136 Å². The van der Waals surface area contributed by atoms with Crippen molar-refractivity contribution in [2.24, 2.45) is 5.92 Å². The Bertz CT molecular complexity index is 678. The molecule has 0 saturated carbocycles. The van der Waals surface area contributed by atoms with E-state index in [1.807, 2.05) is 0 Å². The molecule has 7 nitrogen and oxygen atoms in total. The fraction of sp³-hybridized carbons (Fsp3) is 0.667. The van der Waals surface area contributed by atoms with E-state index in [0.29, 0.717) is 25.0 Å². The van der Waals surface area contributed by atoms with Gasteiger partial charge in [-0.05, 0) is 18.1 Å². The molecule has 0 unspecified atom stereocenters. The molecule has 2 fully saturated rings. The van der Waals surface area contributed by atoms with Crippen LogP contribution in [0.1, 0.15) is 17.5 Å². The number of hydrogen-bond donors (Lipinski definition) is 0. The van der Waals surface area contributed by atoms with Gasteiger partial charge in [-0.2, -0.15) is 0 Å². The van der Waals surface area contributed by atoms with Crippen molar-refractivity contribution >= 4 is 15.7 Å². The van der Waals surface area contributed by atoms with Crippen LogP contribution in [-0.2, 0) is 14.6 Å². The zero-order valence-corrected chi connectivity index (χ0v) is 14.2. The number of amides is 1. The lowest BCUT2D eigenvalue weighted by Gasteiger charge is -2.33. The minimum Gasteiger partial charge on any atom is -0.440 e. The van der Waals surface area contributed by atoms with Gasteiger partial charge in [0, 0.05) is 38.5 Å². The predicted octanol–water partition coefficient (Wildman–Crippen LogP) is 0.476. The fourth-order valence-electron chi connectivity index (χ4n) is 3.29. The van der Waals surface area contributed by atoms with Gasteiger partial charge in [-0.25, -0.2) is 8.42 Å². The van der Waals surface area contributed by atoms with Crippen molar-refractivity contribution in [1.29, 1.82) is 0 Å². The van der Waals surface area contributed by atoms with Gasteiger partial charge in [0.05, 0.1) is 13.2 Å². The van der Waals surface area contributed by atoms with Crippen LogP contribution in [0.3, 0.4) is 0 Å². The maximum Gasteiger partial charge on any atom is 0.289 e. The molecule has 2 aliphatic heterocycles. The molecule has 0 spiro atoms. The second kappa shape index (κ2) is 6.26. The van der Waals surface area contributed by atoms with E-state index in [9.17, 15) is 13.2 Å². The van der Waals surface area contributed by atoms with E-state index in [1.54, 1.807) is 4.90 Å². The maximum atomic E-state index is 12.6. The van der Waals surface area contributed by atoms with Crippen molar-refractivity contribution in [3.8, 4) is 0 Å². The number of morpholine rings is 1. The summed E-state index contributed by atoms with van der Waals surface area (Å²) in [6, 6.07) is 3.08. The molecule has 0 bridgehead atoms. The third-order valence-corrected chi connectivity index (χ3v) is 5.48. The zero-order valence-electron chi connectivity index (χ0n) is 13.4. The summed E-state index contributed by atoms with van der Waals surface area (Å²) in [6.45, 7) is 6.65. The van der Waals surface area contributed by atoms with E-state index >= 15 is 0 Å². The first-order valence-corrected chi connectivity index (χ1v) is 9.66. The number of rotatable bonds is 3. The quantitative estimate of drug-likeness (QED) is 0.795. The van der Waals surface area contributed by atoms with Gasteiger partial charge < -0.3 is 14.1 Å². The molecule has 2 aliphatic rings. The smallest absolute Gasteiger partial charge is 0.289 e. The highest BCUT2D eigenvalue weighted by Gasteiger charge is 2.37. The SMILES string of the molecule is C[C@@H]1CN(C(=O)c2ccc(S(C)(=O)=O)o2)C[C@@H]1N1CCOCC1. The topological polar surface area (TPSA) is 80.1 Å². The predicted molar refractivity (Wildman–Crippen MR) is 83.1 cm³/mol. The Morgan fingerprint density at radius 3 is 2.52 bits per heavy atom. The zero-order chi connectivity index (χ0) is 16.6. The second-order valence-electron chi connectivity index (χ2n) is 6.29. The highest BCUT2D eigenvalue weighted by molar-refractivity contribution is 7.90. The molecule has 1 aromatic heterocycles. The van der Waals surface area contributed by atoms with E-state index in [1.165, 1.54) is 12.1 Å². The van der Waals surface area contributed by atoms with Gasteiger partial charge in [0.1, 0.15) is 0 Å². The molecule has 8 heteroatoms. The maximum absolute atomic E-state index is 12.6. The summed E-state index contributed by atoms with van der Waals surface area (Å²) in [4.78, 5) is 16.7. The Morgan fingerprint density at radius 1 is 1.22 bits per heavy atom. The molecule has 0 aromatic carbocycles. The first-order valence-electron chi connectivity index (χ1n) is 7.77. The molecule has 0 aliphatic carbocycles. The molecule has 2 atom stereocenters. The van der Waals surface area contributed by atoms with Crippen molar-refractivity contribution in [3.63, 3.8) is 0 Å². The van der Waals surface area contributed by atoms with Gasteiger partial charge in [0.15, 0.2) is 5.76 Å². The lowest BCUT2D eigenvalue weighted by Crippen LogP contribution is -2.47. The van der Waals surface area contributed by atoms with Crippen LogP contribution in [0.25, 0.3) is 0 Å². The van der Waals surface area contributed by atoms with Gasteiger partial charge in [0.25, 0.3) is 5.91 Å². The number of hydrogen-bond acceptors (Lipinski definition) is 6. The second-order valence-corrected chi connectivity index (χ2v) is 8.24. The lowest BCUT2D eigenvalue weighted by molar-refractivity contribution is 0.0118. The van der Waals surface area contributed by atoms with Gasteiger partial charge in [-0.3, -0.25) is 9.69 Å². The van der Waals surface area contributed by atoms with E-state index in [2.05, 4.69) is 11.8 Å². The summed E-state index contributed by atoms with van der Waals surface area (Å²) >= 11 is 0. The molecule has 128 valence electrons. The molecular formula is C15H22N2O5S. The standard InChI is InChI=1S/C15H22N2O5S/c1-11-9-17(10-12(11)16-5-7-21-8-6-16)15(18)13-3-4-14(22-13)23(2,19)20/h3-4,11-12H,5-10H2,1-2H3/t11-,12+/m1/s1. The van der Waals surface area contributed by atoms with Crippen LogP contribution >= 0.6 is 0 Å². The first kappa shape index (κ1) is 16.5. The van der Waals surface area contributed by atoms with E-state index in [4.69, 9.17) is 9.15 Å². The Balaban J connectivity index is 1.70. The Kier molecular flexibility index (Phi) is 4.48. The van der Waals surface area contributed by atoms with E-state index < -0.39 is 9.84 Å². The molecule has 0 N–H and O–H groups in total. The molecular weight excluding hydrogens is 320 g/mol. The van der Waals surface area contributed by atoms with Crippen LogP contribution in [-0.4, -0.2) is 75.8 Å². The third-order valence-electron chi connectivity index (χ3n) is 4.53. The van der Waals surface area contributed by atoms with Gasteiger partial charge in [-0.15, -0.1) is 0 Å². The van der Waals surface area contributed by atoms with Gasteiger partial charge >= 0.3 is 0 Å². The molecule has 0 radical (unpaired) electrons. The van der Waals surface area contributed by atoms with Crippen LogP contribution in [0.15, 0.2) is 21.6 Å². The van der Waals surface area contributed by atoms with Crippen LogP contribution in [0.4, 0.5) is 0 Å². The normalized spacial score (nSPS) is 26.6. The molecule has 2 saturated heterocycles. The first-order chi connectivity index (χ1) is 10.9. The van der Waals surface area contributed by atoms with E-state index in [0.717, 1.165) is 32.6 Å². The van der Waals surface area contributed by atoms with Gasteiger partial charge in [-0.1, -0.05) is 6.92 Å². The monoisotopic (exact) mass is 342 g/mol. The van der Waals surface area contributed by atoms with Crippen LogP contribution < -0.4 is 0 Å². The molecule has 3 rings (SSSR count).